The lowest BCUT2D eigenvalue weighted by atomic mass is 10.1. The average Bonchev–Trinajstić information content (AvgIpc) is 2.60. The van der Waals surface area contributed by atoms with Gasteiger partial charge in [0.2, 0.25) is 0 Å². The van der Waals surface area contributed by atoms with Crippen LogP contribution in [0.3, 0.4) is 0 Å². The Labute approximate surface area is 134 Å². The first-order chi connectivity index (χ1) is 11.2. The largest absolute Gasteiger partial charge is 0.496 e. The molecule has 5 nitrogen and oxygen atoms in total. The minimum atomic E-state index is -0.504. The number of methoxy groups -OCH3 is 1. The van der Waals surface area contributed by atoms with E-state index in [4.69, 9.17) is 14.2 Å². The number of benzene rings is 2. The average molecular weight is 314 g/mol. The van der Waals surface area contributed by atoms with Crippen LogP contribution in [0, 0.1) is 0 Å². The maximum absolute atomic E-state index is 12.1. The van der Waals surface area contributed by atoms with Crippen molar-refractivity contribution in [3.05, 3.63) is 65.2 Å². The Bertz CT molecular complexity index is 679. The zero-order valence-electron chi connectivity index (χ0n) is 13.1. The van der Waals surface area contributed by atoms with Gasteiger partial charge in [-0.2, -0.15) is 0 Å². The molecule has 0 unspecified atom stereocenters. The fourth-order valence-electron chi connectivity index (χ4n) is 2.10. The molecule has 0 saturated heterocycles. The van der Waals surface area contributed by atoms with Crippen molar-refractivity contribution in [3.8, 4) is 5.75 Å². The van der Waals surface area contributed by atoms with Gasteiger partial charge in [0, 0.05) is 5.56 Å². The third-order valence-electron chi connectivity index (χ3n) is 3.18. The Kier molecular flexibility index (Phi) is 5.74. The molecule has 0 aliphatic heterocycles. The van der Waals surface area contributed by atoms with Gasteiger partial charge in [-0.15, -0.1) is 0 Å². The van der Waals surface area contributed by atoms with E-state index >= 15 is 0 Å². The highest BCUT2D eigenvalue weighted by atomic mass is 16.5. The highest BCUT2D eigenvalue weighted by Crippen LogP contribution is 2.24. The van der Waals surface area contributed by atoms with Gasteiger partial charge >= 0.3 is 11.9 Å². The molecule has 120 valence electrons. The van der Waals surface area contributed by atoms with E-state index < -0.39 is 11.9 Å². The molecule has 2 aromatic rings. The predicted molar refractivity (Wildman–Crippen MR) is 84.5 cm³/mol. The molecule has 23 heavy (non-hydrogen) atoms. The molecule has 2 rings (SSSR count). The summed E-state index contributed by atoms with van der Waals surface area (Å²) in [6, 6.07) is 13.8. The number of carbonyl (C=O) groups is 2. The van der Waals surface area contributed by atoms with E-state index in [9.17, 15) is 9.59 Å². The molecule has 0 spiro atoms. The zero-order chi connectivity index (χ0) is 16.7. The second kappa shape index (κ2) is 7.98. The van der Waals surface area contributed by atoms with E-state index in [1.165, 1.54) is 7.11 Å². The summed E-state index contributed by atoms with van der Waals surface area (Å²) in [5.74, 6) is -0.573. The topological polar surface area (TPSA) is 61.8 Å². The molecule has 0 N–H and O–H groups in total. The summed E-state index contributed by atoms with van der Waals surface area (Å²) in [4.78, 5) is 24.1. The fourth-order valence-corrected chi connectivity index (χ4v) is 2.10. The minimum absolute atomic E-state index is 0.0426. The molecule has 5 heteroatoms. The summed E-state index contributed by atoms with van der Waals surface area (Å²) in [5, 5.41) is 0. The van der Waals surface area contributed by atoms with Gasteiger partial charge in [-0.05, 0) is 25.1 Å². The number of esters is 2. The van der Waals surface area contributed by atoms with Gasteiger partial charge in [-0.1, -0.05) is 30.3 Å². The number of ether oxygens (including phenoxy) is 3. The van der Waals surface area contributed by atoms with E-state index in [0.717, 1.165) is 0 Å². The van der Waals surface area contributed by atoms with Crippen LogP contribution in [0.5, 0.6) is 5.75 Å². The summed E-state index contributed by atoms with van der Waals surface area (Å²) in [5.41, 5.74) is 1.26. The van der Waals surface area contributed by atoms with Crippen molar-refractivity contribution < 1.29 is 23.8 Å². The summed E-state index contributed by atoms with van der Waals surface area (Å²) >= 11 is 0. The Hall–Kier alpha value is -2.82. The van der Waals surface area contributed by atoms with Crippen molar-refractivity contribution in [1.82, 2.24) is 0 Å². The smallest absolute Gasteiger partial charge is 0.342 e. The Balaban J connectivity index is 2.19. The SMILES string of the molecule is CCOC(=O)c1c(COC(=O)c2ccccc2)cccc1OC. The zero-order valence-corrected chi connectivity index (χ0v) is 13.1. The molecule has 0 aliphatic carbocycles. The van der Waals surface area contributed by atoms with Crippen molar-refractivity contribution in [2.75, 3.05) is 13.7 Å². The Morgan fingerprint density at radius 1 is 0.913 bits per heavy atom. The predicted octanol–water partition coefficient (Wildman–Crippen LogP) is 3.23. The third kappa shape index (κ3) is 4.10. The summed E-state index contributed by atoms with van der Waals surface area (Å²) in [6.07, 6.45) is 0. The highest BCUT2D eigenvalue weighted by Gasteiger charge is 2.19. The number of rotatable bonds is 6. The number of hydrogen-bond donors (Lipinski definition) is 0. The second-order valence-electron chi connectivity index (χ2n) is 4.66. The molecule has 0 bridgehead atoms. The first kappa shape index (κ1) is 16.5. The second-order valence-corrected chi connectivity index (χ2v) is 4.66. The van der Waals surface area contributed by atoms with Crippen LogP contribution >= 0.6 is 0 Å². The van der Waals surface area contributed by atoms with Gasteiger partial charge in [-0.25, -0.2) is 9.59 Å². The standard InChI is InChI=1S/C18H18O5/c1-3-22-18(20)16-14(10-7-11-15(16)21-2)12-23-17(19)13-8-5-4-6-9-13/h4-11H,3,12H2,1-2H3. The first-order valence-electron chi connectivity index (χ1n) is 7.22. The lowest BCUT2D eigenvalue weighted by molar-refractivity contribution is 0.0448. The molecule has 0 saturated carbocycles. The van der Waals surface area contributed by atoms with Gasteiger partial charge in [0.05, 0.1) is 19.3 Å². The summed E-state index contributed by atoms with van der Waals surface area (Å²) in [6.45, 7) is 1.93. The van der Waals surface area contributed by atoms with Crippen LogP contribution in [-0.4, -0.2) is 25.7 Å². The fraction of sp³-hybridized carbons (Fsp3) is 0.222. The maximum Gasteiger partial charge on any atom is 0.342 e. The van der Waals surface area contributed by atoms with Gasteiger partial charge in [-0.3, -0.25) is 0 Å². The molecule has 0 heterocycles. The van der Waals surface area contributed by atoms with Crippen molar-refractivity contribution in [3.63, 3.8) is 0 Å². The first-order valence-corrected chi connectivity index (χ1v) is 7.22. The van der Waals surface area contributed by atoms with E-state index in [0.29, 0.717) is 16.9 Å². The molecular formula is C18H18O5. The van der Waals surface area contributed by atoms with Gasteiger partial charge in [0.15, 0.2) is 0 Å². The van der Waals surface area contributed by atoms with E-state index in [2.05, 4.69) is 0 Å². The Morgan fingerprint density at radius 2 is 1.65 bits per heavy atom. The molecule has 0 fully saturated rings. The maximum atomic E-state index is 12.1. The third-order valence-corrected chi connectivity index (χ3v) is 3.18. The van der Waals surface area contributed by atoms with Gasteiger partial charge in [0.25, 0.3) is 0 Å². The van der Waals surface area contributed by atoms with Gasteiger partial charge < -0.3 is 14.2 Å². The van der Waals surface area contributed by atoms with Crippen molar-refractivity contribution in [1.29, 1.82) is 0 Å². The van der Waals surface area contributed by atoms with Crippen LogP contribution in [0.25, 0.3) is 0 Å². The highest BCUT2D eigenvalue weighted by molar-refractivity contribution is 5.94. The summed E-state index contributed by atoms with van der Waals surface area (Å²) < 4.78 is 15.5. The van der Waals surface area contributed by atoms with Crippen LogP contribution in [0.2, 0.25) is 0 Å². The molecule has 0 amide bonds. The monoisotopic (exact) mass is 314 g/mol. The van der Waals surface area contributed by atoms with Crippen molar-refractivity contribution in [2.45, 2.75) is 13.5 Å². The van der Waals surface area contributed by atoms with E-state index in [-0.39, 0.29) is 18.8 Å². The van der Waals surface area contributed by atoms with Crippen molar-refractivity contribution >= 4 is 11.9 Å². The van der Waals surface area contributed by atoms with Crippen molar-refractivity contribution in [2.24, 2.45) is 0 Å². The molecule has 0 aromatic heterocycles. The quantitative estimate of drug-likeness (QED) is 0.766. The van der Waals surface area contributed by atoms with E-state index in [1.54, 1.807) is 49.4 Å². The lowest BCUT2D eigenvalue weighted by Gasteiger charge is -2.13. The normalized spacial score (nSPS) is 10.0. The van der Waals surface area contributed by atoms with Crippen LogP contribution in [0.1, 0.15) is 33.2 Å². The molecule has 0 atom stereocenters. The van der Waals surface area contributed by atoms with Crippen LogP contribution in [-0.2, 0) is 16.1 Å². The number of hydrogen-bond acceptors (Lipinski definition) is 5. The van der Waals surface area contributed by atoms with Gasteiger partial charge in [0.1, 0.15) is 17.9 Å². The molecular weight excluding hydrogens is 296 g/mol. The van der Waals surface area contributed by atoms with Crippen LogP contribution < -0.4 is 4.74 Å². The van der Waals surface area contributed by atoms with Crippen LogP contribution in [0.4, 0.5) is 0 Å². The summed E-state index contributed by atoms with van der Waals surface area (Å²) in [7, 11) is 1.47. The molecule has 2 aromatic carbocycles. The lowest BCUT2D eigenvalue weighted by Crippen LogP contribution is -2.12. The van der Waals surface area contributed by atoms with E-state index in [1.807, 2.05) is 6.07 Å². The Morgan fingerprint density at radius 3 is 2.30 bits per heavy atom. The number of carbonyl (C=O) groups excluding carboxylic acids is 2. The van der Waals surface area contributed by atoms with Crippen LogP contribution in [0.15, 0.2) is 48.5 Å². The molecule has 0 radical (unpaired) electrons. The minimum Gasteiger partial charge on any atom is -0.496 e. The molecule has 0 aliphatic rings.